The molecule has 1 unspecified atom stereocenters. The predicted molar refractivity (Wildman–Crippen MR) is 99.9 cm³/mol. The molecule has 1 amide bonds. The number of carbonyl (C=O) groups excluding carboxylic acids is 1. The van der Waals surface area contributed by atoms with E-state index in [1.54, 1.807) is 41.5 Å². The first-order valence-electron chi connectivity index (χ1n) is 8.76. The first-order chi connectivity index (χ1) is 11.9. The lowest BCUT2D eigenvalue weighted by Crippen LogP contribution is -2.54. The van der Waals surface area contributed by atoms with E-state index in [9.17, 15) is 14.7 Å². The van der Waals surface area contributed by atoms with E-state index in [0.29, 0.717) is 6.61 Å². The summed E-state index contributed by atoms with van der Waals surface area (Å²) in [6.45, 7) is 11.4. The van der Waals surface area contributed by atoms with Gasteiger partial charge in [0.05, 0.1) is 13.2 Å². The van der Waals surface area contributed by atoms with Crippen LogP contribution in [0.2, 0.25) is 0 Å². The van der Waals surface area contributed by atoms with E-state index in [-0.39, 0.29) is 13.2 Å². The van der Waals surface area contributed by atoms with Crippen LogP contribution in [0.1, 0.15) is 47.1 Å². The van der Waals surface area contributed by atoms with Gasteiger partial charge in [-0.1, -0.05) is 51.1 Å². The number of aliphatic carboxylic acids is 1. The van der Waals surface area contributed by atoms with Crippen molar-refractivity contribution in [2.45, 2.75) is 59.8 Å². The highest BCUT2D eigenvalue weighted by molar-refractivity contribution is 5.81. The van der Waals surface area contributed by atoms with Crippen LogP contribution in [0.5, 0.6) is 0 Å². The van der Waals surface area contributed by atoms with Crippen LogP contribution in [0, 0.1) is 5.41 Å². The molecule has 1 rings (SSSR count). The number of rotatable bonds is 7. The van der Waals surface area contributed by atoms with Gasteiger partial charge in [0.1, 0.15) is 11.6 Å². The summed E-state index contributed by atoms with van der Waals surface area (Å²) >= 11 is 0. The van der Waals surface area contributed by atoms with Gasteiger partial charge in [-0.25, -0.2) is 9.59 Å². The maximum atomic E-state index is 12.6. The minimum Gasteiger partial charge on any atom is -0.480 e. The number of ether oxygens (including phenoxy) is 2. The summed E-state index contributed by atoms with van der Waals surface area (Å²) in [7, 11) is 0. The fourth-order valence-corrected chi connectivity index (χ4v) is 2.54. The maximum Gasteiger partial charge on any atom is 0.411 e. The molecule has 0 spiro atoms. The van der Waals surface area contributed by atoms with E-state index < -0.39 is 29.1 Å². The van der Waals surface area contributed by atoms with Gasteiger partial charge < -0.3 is 14.6 Å². The minimum absolute atomic E-state index is 0.135. The summed E-state index contributed by atoms with van der Waals surface area (Å²) in [6, 6.07) is 8.64. The number of benzene rings is 1. The average molecular weight is 365 g/mol. The molecule has 6 nitrogen and oxygen atoms in total. The van der Waals surface area contributed by atoms with Crippen LogP contribution in [0.25, 0.3) is 0 Å². The number of amides is 1. The van der Waals surface area contributed by atoms with E-state index >= 15 is 0 Å². The third-order valence-electron chi connectivity index (χ3n) is 3.58. The SMILES string of the molecule is CC(C)(C)OC(=O)N(CCOCc1ccccc1)C(C(=O)O)C(C)(C)C. The topological polar surface area (TPSA) is 76.1 Å². The monoisotopic (exact) mass is 365 g/mol. The molecule has 0 heterocycles. The van der Waals surface area contributed by atoms with Crippen LogP contribution in [0.3, 0.4) is 0 Å². The van der Waals surface area contributed by atoms with Gasteiger partial charge in [-0.05, 0) is 31.7 Å². The van der Waals surface area contributed by atoms with Gasteiger partial charge >= 0.3 is 12.1 Å². The van der Waals surface area contributed by atoms with Crippen molar-refractivity contribution in [3.8, 4) is 0 Å². The Hall–Kier alpha value is -2.08. The molecule has 26 heavy (non-hydrogen) atoms. The summed E-state index contributed by atoms with van der Waals surface area (Å²) in [5, 5.41) is 9.67. The summed E-state index contributed by atoms with van der Waals surface area (Å²) in [6.07, 6.45) is -0.650. The molecule has 6 heteroatoms. The first-order valence-corrected chi connectivity index (χ1v) is 8.76. The first kappa shape index (κ1) is 22.0. The van der Waals surface area contributed by atoms with Crippen LogP contribution < -0.4 is 0 Å². The fraction of sp³-hybridized carbons (Fsp3) is 0.600. The summed E-state index contributed by atoms with van der Waals surface area (Å²) in [5.41, 5.74) is -0.342. The standard InChI is InChI=1S/C20H31NO5/c1-19(2,3)16(17(22)23)21(18(24)26-20(4,5)6)12-13-25-14-15-10-8-7-9-11-15/h7-11,16H,12-14H2,1-6H3,(H,22,23). The van der Waals surface area contributed by atoms with Gasteiger partial charge in [0.15, 0.2) is 0 Å². The average Bonchev–Trinajstić information content (AvgIpc) is 2.47. The van der Waals surface area contributed by atoms with Crippen molar-refractivity contribution >= 4 is 12.1 Å². The smallest absolute Gasteiger partial charge is 0.411 e. The van der Waals surface area contributed by atoms with Crippen molar-refractivity contribution in [2.24, 2.45) is 5.41 Å². The zero-order valence-electron chi connectivity index (χ0n) is 16.6. The lowest BCUT2D eigenvalue weighted by molar-refractivity contribution is -0.147. The Bertz CT molecular complexity index is 586. The van der Waals surface area contributed by atoms with Crippen molar-refractivity contribution in [3.63, 3.8) is 0 Å². The summed E-state index contributed by atoms with van der Waals surface area (Å²) < 4.78 is 11.0. The molecule has 0 saturated carbocycles. The lowest BCUT2D eigenvalue weighted by atomic mass is 9.85. The molecule has 0 bridgehead atoms. The van der Waals surface area contributed by atoms with Crippen molar-refractivity contribution in [1.82, 2.24) is 4.90 Å². The third kappa shape index (κ3) is 7.44. The van der Waals surface area contributed by atoms with Crippen molar-refractivity contribution in [2.75, 3.05) is 13.2 Å². The normalized spacial score (nSPS) is 13.2. The van der Waals surface area contributed by atoms with Gasteiger partial charge in [-0.2, -0.15) is 0 Å². The highest BCUT2D eigenvalue weighted by Gasteiger charge is 2.40. The second-order valence-corrected chi connectivity index (χ2v) is 8.32. The fourth-order valence-electron chi connectivity index (χ4n) is 2.54. The predicted octanol–water partition coefficient (Wildman–Crippen LogP) is 3.94. The van der Waals surface area contributed by atoms with Gasteiger partial charge in [-0.3, -0.25) is 4.90 Å². The molecule has 146 valence electrons. The number of nitrogens with zero attached hydrogens (tertiary/aromatic N) is 1. The molecule has 1 aromatic carbocycles. The Kier molecular flexibility index (Phi) is 7.63. The number of hydrogen-bond acceptors (Lipinski definition) is 4. The molecule has 1 aromatic rings. The van der Waals surface area contributed by atoms with E-state index in [1.807, 2.05) is 30.3 Å². The number of carbonyl (C=O) groups is 2. The Balaban J connectivity index is 2.82. The molecule has 0 saturated heterocycles. The van der Waals surface area contributed by atoms with Crippen LogP contribution in [0.15, 0.2) is 30.3 Å². The van der Waals surface area contributed by atoms with Crippen LogP contribution in [-0.4, -0.2) is 46.9 Å². The molecule has 0 aliphatic heterocycles. The highest BCUT2D eigenvalue weighted by Crippen LogP contribution is 2.26. The molecular weight excluding hydrogens is 334 g/mol. The van der Waals surface area contributed by atoms with Crippen molar-refractivity contribution in [3.05, 3.63) is 35.9 Å². The molecule has 1 N–H and O–H groups in total. The highest BCUT2D eigenvalue weighted by atomic mass is 16.6. The molecule has 0 radical (unpaired) electrons. The Morgan fingerprint density at radius 1 is 1.08 bits per heavy atom. The minimum atomic E-state index is -1.06. The van der Waals surface area contributed by atoms with E-state index in [2.05, 4.69) is 0 Å². The lowest BCUT2D eigenvalue weighted by Gasteiger charge is -2.37. The van der Waals surface area contributed by atoms with Gasteiger partial charge in [-0.15, -0.1) is 0 Å². The number of hydrogen-bond donors (Lipinski definition) is 1. The zero-order valence-corrected chi connectivity index (χ0v) is 16.6. The Morgan fingerprint density at radius 3 is 2.12 bits per heavy atom. The van der Waals surface area contributed by atoms with Gasteiger partial charge in [0.2, 0.25) is 0 Å². The second-order valence-electron chi connectivity index (χ2n) is 8.32. The van der Waals surface area contributed by atoms with Crippen molar-refractivity contribution < 1.29 is 24.2 Å². The van der Waals surface area contributed by atoms with Crippen LogP contribution in [0.4, 0.5) is 4.79 Å². The van der Waals surface area contributed by atoms with Crippen molar-refractivity contribution in [1.29, 1.82) is 0 Å². The van der Waals surface area contributed by atoms with E-state index in [4.69, 9.17) is 9.47 Å². The molecule has 1 atom stereocenters. The maximum absolute atomic E-state index is 12.6. The van der Waals surface area contributed by atoms with Gasteiger partial charge in [0.25, 0.3) is 0 Å². The zero-order chi connectivity index (χ0) is 20.0. The molecule has 0 fully saturated rings. The second kappa shape index (κ2) is 9.03. The number of carboxylic acid groups (broad SMARTS) is 1. The Morgan fingerprint density at radius 2 is 1.65 bits per heavy atom. The van der Waals surface area contributed by atoms with Crippen LogP contribution >= 0.6 is 0 Å². The largest absolute Gasteiger partial charge is 0.480 e. The van der Waals surface area contributed by atoms with E-state index in [1.165, 1.54) is 4.90 Å². The molecule has 0 aliphatic rings. The Labute approximate surface area is 156 Å². The quantitative estimate of drug-likeness (QED) is 0.741. The summed E-state index contributed by atoms with van der Waals surface area (Å²) in [5.74, 6) is -1.06. The van der Waals surface area contributed by atoms with E-state index in [0.717, 1.165) is 5.56 Å². The van der Waals surface area contributed by atoms with Crippen LogP contribution in [-0.2, 0) is 20.9 Å². The number of carboxylic acids is 1. The molecule has 0 aromatic heterocycles. The van der Waals surface area contributed by atoms with Gasteiger partial charge in [0, 0.05) is 6.54 Å². The summed E-state index contributed by atoms with van der Waals surface area (Å²) in [4.78, 5) is 25.7. The molecule has 0 aliphatic carbocycles. The molecular formula is C20H31NO5. The third-order valence-corrected chi connectivity index (χ3v) is 3.58.